The Morgan fingerprint density at radius 3 is 1.11 bits per heavy atom. The molecule has 16 heteroatoms. The monoisotopic (exact) mass is 658 g/mol. The molecule has 15 atom stereocenters. The minimum absolute atomic E-state index is 0.0169. The van der Waals surface area contributed by atoms with Crippen molar-refractivity contribution in [2.75, 3.05) is 94.5 Å². The lowest BCUT2D eigenvalue weighted by molar-refractivity contribution is -0.364. The van der Waals surface area contributed by atoms with Gasteiger partial charge in [0.25, 0.3) is 0 Å². The summed E-state index contributed by atoms with van der Waals surface area (Å²) in [5.41, 5.74) is 0. The van der Waals surface area contributed by atoms with Gasteiger partial charge in [-0.15, -0.1) is 0 Å². The van der Waals surface area contributed by atoms with E-state index in [1.165, 1.54) is 28.4 Å². The van der Waals surface area contributed by atoms with E-state index < -0.39 is 111 Å². The van der Waals surface area contributed by atoms with Crippen molar-refractivity contribution in [1.29, 1.82) is 0 Å². The van der Waals surface area contributed by atoms with E-state index in [0.29, 0.717) is 0 Å². The maximum atomic E-state index is 10.7. The van der Waals surface area contributed by atoms with Gasteiger partial charge in [0, 0.05) is 90.4 Å². The first-order valence-electron chi connectivity index (χ1n) is 15.4. The van der Waals surface area contributed by atoms with Gasteiger partial charge in [-0.1, -0.05) is 0 Å². The lowest BCUT2D eigenvalue weighted by atomic mass is 9.76. The molecule has 3 fully saturated rings. The Labute approximate surface area is 264 Å². The van der Waals surface area contributed by atoms with Gasteiger partial charge in [0.2, 0.25) is 0 Å². The SMILES string of the molecule is COCC1O[C@@H](O[C@@H]2C(COC)O[C@@H](O[C@@H]3C(COC)OC(OC)C(CO)[C@H]3CO)C(CO)[C@H]2CO)C(CO)[C@@H](CO)[C@@H]1CO. The van der Waals surface area contributed by atoms with Crippen molar-refractivity contribution in [3.05, 3.63) is 0 Å². The number of aliphatic hydroxyl groups excluding tert-OH is 7. The first kappa shape index (κ1) is 38.8. The third-order valence-electron chi connectivity index (χ3n) is 9.51. The topological polar surface area (TPSA) is 225 Å². The smallest absolute Gasteiger partial charge is 0.164 e. The van der Waals surface area contributed by atoms with Crippen LogP contribution in [-0.2, 0) is 42.6 Å². The Morgan fingerprint density at radius 1 is 0.400 bits per heavy atom. The maximum absolute atomic E-state index is 10.7. The number of rotatable bonds is 18. The van der Waals surface area contributed by atoms with Crippen molar-refractivity contribution >= 4 is 0 Å². The van der Waals surface area contributed by atoms with Gasteiger partial charge in [-0.25, -0.2) is 0 Å². The van der Waals surface area contributed by atoms with Gasteiger partial charge >= 0.3 is 0 Å². The summed E-state index contributed by atoms with van der Waals surface area (Å²) in [5, 5.41) is 72.3. The average Bonchev–Trinajstić information content (AvgIpc) is 3.05. The molecule has 16 nitrogen and oxygen atoms in total. The molecular formula is C29H54O16. The van der Waals surface area contributed by atoms with E-state index in [-0.39, 0.29) is 46.2 Å². The molecule has 0 radical (unpaired) electrons. The normalized spacial score (nSPS) is 42.6. The predicted molar refractivity (Wildman–Crippen MR) is 152 cm³/mol. The molecular weight excluding hydrogens is 604 g/mol. The highest BCUT2D eigenvalue weighted by Crippen LogP contribution is 2.42. The molecule has 3 saturated heterocycles. The predicted octanol–water partition coefficient (Wildman–Crippen LogP) is -3.22. The van der Waals surface area contributed by atoms with Gasteiger partial charge in [0.15, 0.2) is 18.9 Å². The van der Waals surface area contributed by atoms with Crippen LogP contribution in [0.3, 0.4) is 0 Å². The fourth-order valence-corrected chi connectivity index (χ4v) is 7.09. The molecule has 3 heterocycles. The molecule has 0 saturated carbocycles. The summed E-state index contributed by atoms with van der Waals surface area (Å²) in [6.45, 7) is -2.62. The molecule has 0 aromatic rings. The van der Waals surface area contributed by atoms with Gasteiger partial charge in [-0.3, -0.25) is 0 Å². The molecule has 266 valence electrons. The third-order valence-corrected chi connectivity index (χ3v) is 9.51. The molecule has 0 aromatic carbocycles. The second-order valence-electron chi connectivity index (χ2n) is 11.9. The standard InChI is InChI=1S/C29H54O16/c1-37-12-22-16(6-31)15(5-30)19(9-34)28(41-22)44-26-18(8-33)21(11-36)29(43-24(26)14-39-3)45-25-17(7-32)20(10-35)27(40-4)42-23(25)13-38-2/h15-36H,5-14H2,1-4H3/t15-,16-,17+,18+,19?,20?,21?,22?,23?,24?,25-,26-,27?,28-,29-/m0/s1. The molecule has 3 rings (SSSR count). The highest BCUT2D eigenvalue weighted by atomic mass is 16.7. The number of hydrogen-bond acceptors (Lipinski definition) is 16. The quantitative estimate of drug-likeness (QED) is 0.0769. The summed E-state index contributed by atoms with van der Waals surface area (Å²) in [6, 6.07) is 0. The van der Waals surface area contributed by atoms with Gasteiger partial charge in [0.1, 0.15) is 12.2 Å². The zero-order valence-electron chi connectivity index (χ0n) is 26.5. The number of ether oxygens (including phenoxy) is 9. The molecule has 0 bridgehead atoms. The summed E-state index contributed by atoms with van der Waals surface area (Å²) < 4.78 is 52.9. The molecule has 0 aromatic heterocycles. The zero-order chi connectivity index (χ0) is 33.1. The molecule has 3 aliphatic rings. The Hall–Kier alpha value is -0.640. The first-order chi connectivity index (χ1) is 21.9. The molecule has 0 amide bonds. The summed E-state index contributed by atoms with van der Waals surface area (Å²) in [6.07, 6.45) is -7.14. The van der Waals surface area contributed by atoms with Crippen LogP contribution in [0.15, 0.2) is 0 Å². The van der Waals surface area contributed by atoms with Crippen molar-refractivity contribution in [2.45, 2.75) is 49.4 Å². The average molecular weight is 659 g/mol. The lowest BCUT2D eigenvalue weighted by Gasteiger charge is -2.51. The largest absolute Gasteiger partial charge is 0.396 e. The van der Waals surface area contributed by atoms with E-state index in [4.69, 9.17) is 42.6 Å². The van der Waals surface area contributed by atoms with E-state index in [0.717, 1.165) is 0 Å². The van der Waals surface area contributed by atoms with Gasteiger partial charge in [-0.2, -0.15) is 0 Å². The second-order valence-corrected chi connectivity index (χ2v) is 11.9. The van der Waals surface area contributed by atoms with E-state index in [9.17, 15) is 35.7 Å². The van der Waals surface area contributed by atoms with Crippen molar-refractivity contribution in [1.82, 2.24) is 0 Å². The molecule has 7 unspecified atom stereocenters. The Balaban J connectivity index is 1.92. The molecule has 7 N–H and O–H groups in total. The number of aliphatic hydroxyl groups is 7. The molecule has 45 heavy (non-hydrogen) atoms. The van der Waals surface area contributed by atoms with E-state index in [2.05, 4.69) is 0 Å². The Bertz CT molecular complexity index is 810. The fourth-order valence-electron chi connectivity index (χ4n) is 7.09. The van der Waals surface area contributed by atoms with Crippen LogP contribution in [0.4, 0.5) is 0 Å². The van der Waals surface area contributed by atoms with Crippen LogP contribution < -0.4 is 0 Å². The van der Waals surface area contributed by atoms with Crippen molar-refractivity contribution in [2.24, 2.45) is 41.4 Å². The summed E-state index contributed by atoms with van der Waals surface area (Å²) >= 11 is 0. The molecule has 3 aliphatic heterocycles. The van der Waals surface area contributed by atoms with Crippen LogP contribution in [-0.4, -0.2) is 180 Å². The van der Waals surface area contributed by atoms with Crippen LogP contribution in [0, 0.1) is 41.4 Å². The molecule has 0 spiro atoms. The van der Waals surface area contributed by atoms with Crippen molar-refractivity contribution in [3.63, 3.8) is 0 Å². The van der Waals surface area contributed by atoms with Crippen LogP contribution in [0.25, 0.3) is 0 Å². The zero-order valence-corrected chi connectivity index (χ0v) is 26.5. The van der Waals surface area contributed by atoms with Crippen LogP contribution in [0.1, 0.15) is 0 Å². The van der Waals surface area contributed by atoms with E-state index >= 15 is 0 Å². The summed E-state index contributed by atoms with van der Waals surface area (Å²) in [4.78, 5) is 0. The highest BCUT2D eigenvalue weighted by Gasteiger charge is 2.54. The summed E-state index contributed by atoms with van der Waals surface area (Å²) in [7, 11) is 5.85. The van der Waals surface area contributed by atoms with Gasteiger partial charge in [0.05, 0.1) is 58.0 Å². The van der Waals surface area contributed by atoms with E-state index in [1.54, 1.807) is 0 Å². The number of hydrogen-bond donors (Lipinski definition) is 7. The fraction of sp³-hybridized carbons (Fsp3) is 1.00. The third kappa shape index (κ3) is 8.70. The number of methoxy groups -OCH3 is 4. The Kier molecular flexibility index (Phi) is 16.7. The maximum Gasteiger partial charge on any atom is 0.164 e. The minimum atomic E-state index is -1.14. The highest BCUT2D eigenvalue weighted by molar-refractivity contribution is 4.96. The van der Waals surface area contributed by atoms with Gasteiger partial charge < -0.3 is 78.4 Å². The van der Waals surface area contributed by atoms with Crippen LogP contribution >= 0.6 is 0 Å². The minimum Gasteiger partial charge on any atom is -0.396 e. The summed E-state index contributed by atoms with van der Waals surface area (Å²) in [5.74, 6) is -4.81. The van der Waals surface area contributed by atoms with E-state index in [1.807, 2.05) is 0 Å². The Morgan fingerprint density at radius 2 is 0.733 bits per heavy atom. The first-order valence-corrected chi connectivity index (χ1v) is 15.4. The molecule has 0 aliphatic carbocycles. The lowest BCUT2D eigenvalue weighted by Crippen LogP contribution is -2.62. The van der Waals surface area contributed by atoms with Crippen LogP contribution in [0.5, 0.6) is 0 Å². The van der Waals surface area contributed by atoms with Crippen molar-refractivity contribution < 1.29 is 78.4 Å². The van der Waals surface area contributed by atoms with Crippen LogP contribution in [0.2, 0.25) is 0 Å². The second kappa shape index (κ2) is 19.4. The van der Waals surface area contributed by atoms with Crippen molar-refractivity contribution in [3.8, 4) is 0 Å². The van der Waals surface area contributed by atoms with Gasteiger partial charge in [-0.05, 0) is 5.92 Å².